The number of carboxylic acids is 1. The van der Waals surface area contributed by atoms with Gasteiger partial charge in [0.05, 0.1) is 0 Å². The van der Waals surface area contributed by atoms with Crippen molar-refractivity contribution >= 4 is 12.0 Å². The van der Waals surface area contributed by atoms with E-state index < -0.39 is 5.97 Å². The molecule has 0 saturated heterocycles. The molecule has 0 radical (unpaired) electrons. The van der Waals surface area contributed by atoms with Crippen molar-refractivity contribution in [2.45, 2.75) is 45.6 Å². The van der Waals surface area contributed by atoms with E-state index in [1.807, 2.05) is 13.8 Å². The summed E-state index contributed by atoms with van der Waals surface area (Å²) in [6.45, 7) is 4.90. The van der Waals surface area contributed by atoms with E-state index in [4.69, 9.17) is 10.2 Å². The lowest BCUT2D eigenvalue weighted by molar-refractivity contribution is -0.137. The summed E-state index contributed by atoms with van der Waals surface area (Å²) in [6.07, 6.45) is 1.91. The molecule has 6 nitrogen and oxygen atoms in total. The maximum absolute atomic E-state index is 11.8. The number of carbonyl (C=O) groups is 2. The molecule has 0 aromatic heterocycles. The number of rotatable bonds is 9. The third-order valence-electron chi connectivity index (χ3n) is 2.53. The Morgan fingerprint density at radius 2 is 1.89 bits per heavy atom. The maximum Gasteiger partial charge on any atom is 0.317 e. The van der Waals surface area contributed by atoms with Gasteiger partial charge in [-0.2, -0.15) is 0 Å². The molecule has 106 valence electrons. The van der Waals surface area contributed by atoms with E-state index in [0.717, 1.165) is 0 Å². The van der Waals surface area contributed by atoms with Gasteiger partial charge in [-0.05, 0) is 33.1 Å². The van der Waals surface area contributed by atoms with Gasteiger partial charge in [-0.3, -0.25) is 4.79 Å². The Bertz CT molecular complexity index is 256. The van der Waals surface area contributed by atoms with Crippen molar-refractivity contribution in [2.24, 2.45) is 0 Å². The minimum absolute atomic E-state index is 0.0646. The predicted molar refractivity (Wildman–Crippen MR) is 68.4 cm³/mol. The van der Waals surface area contributed by atoms with Crippen LogP contribution in [-0.4, -0.2) is 52.9 Å². The summed E-state index contributed by atoms with van der Waals surface area (Å²) < 4.78 is 0. The number of hydrogen-bond donors (Lipinski definition) is 3. The second-order valence-corrected chi connectivity index (χ2v) is 4.45. The van der Waals surface area contributed by atoms with Crippen LogP contribution in [0.25, 0.3) is 0 Å². The molecule has 0 aliphatic carbocycles. The number of amides is 2. The van der Waals surface area contributed by atoms with Crippen molar-refractivity contribution < 1.29 is 19.8 Å². The summed E-state index contributed by atoms with van der Waals surface area (Å²) in [7, 11) is 0. The minimum Gasteiger partial charge on any atom is -0.481 e. The van der Waals surface area contributed by atoms with E-state index in [1.54, 1.807) is 4.90 Å². The number of urea groups is 1. The second-order valence-electron chi connectivity index (χ2n) is 4.45. The van der Waals surface area contributed by atoms with Gasteiger partial charge in [0.1, 0.15) is 0 Å². The lowest BCUT2D eigenvalue weighted by Gasteiger charge is -2.26. The second kappa shape index (κ2) is 9.70. The number of aliphatic hydroxyl groups excluding tert-OH is 1. The molecule has 0 fully saturated rings. The van der Waals surface area contributed by atoms with Crippen LogP contribution in [0.3, 0.4) is 0 Å². The molecule has 0 spiro atoms. The van der Waals surface area contributed by atoms with E-state index in [-0.39, 0.29) is 25.1 Å². The van der Waals surface area contributed by atoms with Crippen molar-refractivity contribution in [3.05, 3.63) is 0 Å². The topological polar surface area (TPSA) is 89.9 Å². The number of aliphatic carboxylic acids is 1. The van der Waals surface area contributed by atoms with Gasteiger partial charge in [-0.25, -0.2) is 4.79 Å². The average Bonchev–Trinajstić information content (AvgIpc) is 2.28. The lowest BCUT2D eigenvalue weighted by Crippen LogP contribution is -2.44. The first-order chi connectivity index (χ1) is 8.49. The molecule has 0 rings (SSSR count). The Morgan fingerprint density at radius 3 is 2.39 bits per heavy atom. The smallest absolute Gasteiger partial charge is 0.317 e. The predicted octanol–water partition coefficient (Wildman–Crippen LogP) is 1.04. The number of nitrogens with zero attached hydrogens (tertiary/aromatic N) is 1. The fourth-order valence-corrected chi connectivity index (χ4v) is 1.53. The first-order valence-electron chi connectivity index (χ1n) is 6.36. The van der Waals surface area contributed by atoms with Gasteiger partial charge < -0.3 is 20.4 Å². The third-order valence-corrected chi connectivity index (χ3v) is 2.53. The van der Waals surface area contributed by atoms with Gasteiger partial charge in [0.2, 0.25) is 0 Å². The van der Waals surface area contributed by atoms with Crippen LogP contribution in [0.4, 0.5) is 4.79 Å². The summed E-state index contributed by atoms with van der Waals surface area (Å²) in [5.74, 6) is -0.812. The molecular formula is C12H24N2O4. The molecule has 18 heavy (non-hydrogen) atoms. The van der Waals surface area contributed by atoms with Crippen LogP contribution in [0.2, 0.25) is 0 Å². The van der Waals surface area contributed by atoms with Crippen LogP contribution < -0.4 is 5.32 Å². The number of aliphatic hydroxyl groups is 1. The van der Waals surface area contributed by atoms with Gasteiger partial charge in [0, 0.05) is 32.2 Å². The normalized spacial score (nSPS) is 10.4. The highest BCUT2D eigenvalue weighted by atomic mass is 16.4. The average molecular weight is 260 g/mol. The van der Waals surface area contributed by atoms with Crippen molar-refractivity contribution in [1.29, 1.82) is 0 Å². The van der Waals surface area contributed by atoms with Crippen LogP contribution in [0.1, 0.15) is 39.5 Å². The molecule has 0 aliphatic heterocycles. The molecule has 0 aromatic carbocycles. The van der Waals surface area contributed by atoms with Gasteiger partial charge >= 0.3 is 12.0 Å². The zero-order chi connectivity index (χ0) is 14.0. The van der Waals surface area contributed by atoms with Crippen molar-refractivity contribution in [2.75, 3.05) is 19.7 Å². The molecule has 3 N–H and O–H groups in total. The number of hydrogen-bond acceptors (Lipinski definition) is 3. The SMILES string of the molecule is CC(C)N(CCCO)C(=O)NCCCCC(=O)O. The van der Waals surface area contributed by atoms with E-state index in [0.29, 0.717) is 32.4 Å². The third kappa shape index (κ3) is 7.89. The molecule has 6 heteroatoms. The highest BCUT2D eigenvalue weighted by Crippen LogP contribution is 2.01. The van der Waals surface area contributed by atoms with Crippen molar-refractivity contribution in [3.8, 4) is 0 Å². The molecule has 0 unspecified atom stereocenters. The largest absolute Gasteiger partial charge is 0.481 e. The highest BCUT2D eigenvalue weighted by molar-refractivity contribution is 5.74. The Hall–Kier alpha value is -1.30. The van der Waals surface area contributed by atoms with Crippen molar-refractivity contribution in [1.82, 2.24) is 10.2 Å². The van der Waals surface area contributed by atoms with Gasteiger partial charge in [0.25, 0.3) is 0 Å². The Balaban J connectivity index is 3.85. The van der Waals surface area contributed by atoms with Crippen LogP contribution in [0.15, 0.2) is 0 Å². The maximum atomic E-state index is 11.8. The van der Waals surface area contributed by atoms with Gasteiger partial charge in [-0.1, -0.05) is 0 Å². The molecule has 0 aromatic rings. The van der Waals surface area contributed by atoms with E-state index >= 15 is 0 Å². The zero-order valence-electron chi connectivity index (χ0n) is 11.2. The summed E-state index contributed by atoms with van der Waals surface area (Å²) >= 11 is 0. The first-order valence-corrected chi connectivity index (χ1v) is 6.36. The Labute approximate surface area is 108 Å². The minimum atomic E-state index is -0.812. The molecule has 0 aliphatic rings. The fourth-order valence-electron chi connectivity index (χ4n) is 1.53. The fraction of sp³-hybridized carbons (Fsp3) is 0.833. The quantitative estimate of drug-likeness (QED) is 0.540. The summed E-state index contributed by atoms with van der Waals surface area (Å²) in [6, 6.07) is -0.0793. The number of nitrogens with one attached hydrogen (secondary N) is 1. The Morgan fingerprint density at radius 1 is 1.22 bits per heavy atom. The molecule has 0 atom stereocenters. The van der Waals surface area contributed by atoms with Crippen LogP contribution >= 0.6 is 0 Å². The van der Waals surface area contributed by atoms with E-state index in [2.05, 4.69) is 5.32 Å². The standard InChI is InChI=1S/C12H24N2O4/c1-10(2)14(8-5-9-15)12(18)13-7-4-3-6-11(16)17/h10,15H,3-9H2,1-2H3,(H,13,18)(H,16,17). The Kier molecular flexibility index (Phi) is 9.00. The molecule has 0 bridgehead atoms. The molecule has 0 heterocycles. The summed E-state index contributed by atoms with van der Waals surface area (Å²) in [5.41, 5.74) is 0. The lowest BCUT2D eigenvalue weighted by atomic mass is 10.2. The van der Waals surface area contributed by atoms with Crippen LogP contribution in [0, 0.1) is 0 Å². The first kappa shape index (κ1) is 16.7. The summed E-state index contributed by atoms with van der Waals surface area (Å²) in [5, 5.41) is 20.0. The zero-order valence-corrected chi connectivity index (χ0v) is 11.2. The molecular weight excluding hydrogens is 236 g/mol. The van der Waals surface area contributed by atoms with Gasteiger partial charge in [-0.15, -0.1) is 0 Å². The summed E-state index contributed by atoms with van der Waals surface area (Å²) in [4.78, 5) is 23.8. The molecule has 2 amide bonds. The number of unbranched alkanes of at least 4 members (excludes halogenated alkanes) is 1. The van der Waals surface area contributed by atoms with E-state index in [9.17, 15) is 9.59 Å². The van der Waals surface area contributed by atoms with Crippen LogP contribution in [0.5, 0.6) is 0 Å². The highest BCUT2D eigenvalue weighted by Gasteiger charge is 2.15. The van der Waals surface area contributed by atoms with Crippen LogP contribution in [-0.2, 0) is 4.79 Å². The molecule has 0 saturated carbocycles. The van der Waals surface area contributed by atoms with E-state index in [1.165, 1.54) is 0 Å². The monoisotopic (exact) mass is 260 g/mol. The van der Waals surface area contributed by atoms with Gasteiger partial charge in [0.15, 0.2) is 0 Å². The van der Waals surface area contributed by atoms with Crippen molar-refractivity contribution in [3.63, 3.8) is 0 Å². The number of carbonyl (C=O) groups excluding carboxylic acids is 1. The number of carboxylic acid groups (broad SMARTS) is 1.